The summed E-state index contributed by atoms with van der Waals surface area (Å²) < 4.78 is 27.1. The molecule has 0 aliphatic carbocycles. The second kappa shape index (κ2) is 6.81. The maximum absolute atomic E-state index is 13.6. The number of hydrogen-bond acceptors (Lipinski definition) is 3. The Kier molecular flexibility index (Phi) is 5.30. The van der Waals surface area contributed by atoms with E-state index in [0.29, 0.717) is 0 Å². The first kappa shape index (κ1) is 16.3. The van der Waals surface area contributed by atoms with Gasteiger partial charge in [-0.15, -0.1) is 0 Å². The molecule has 1 saturated heterocycles. The summed E-state index contributed by atoms with van der Waals surface area (Å²) in [7, 11) is 2.11. The van der Waals surface area contributed by atoms with Crippen LogP contribution < -0.4 is 5.32 Å². The highest BCUT2D eigenvalue weighted by atomic mass is 19.1. The lowest BCUT2D eigenvalue weighted by Crippen LogP contribution is -2.42. The molecule has 21 heavy (non-hydrogen) atoms. The van der Waals surface area contributed by atoms with Gasteiger partial charge >= 0.3 is 0 Å². The van der Waals surface area contributed by atoms with E-state index in [4.69, 9.17) is 0 Å². The molecule has 2 N–H and O–H groups in total. The number of nitrogens with one attached hydrogen (secondary N) is 1. The van der Waals surface area contributed by atoms with E-state index < -0.39 is 17.7 Å². The maximum Gasteiger partial charge on any atom is 0.131 e. The van der Waals surface area contributed by atoms with E-state index in [1.807, 2.05) is 0 Å². The van der Waals surface area contributed by atoms with Crippen molar-refractivity contribution in [1.29, 1.82) is 0 Å². The Morgan fingerprint density at radius 1 is 1.29 bits per heavy atom. The third-order valence-electron chi connectivity index (χ3n) is 4.42. The summed E-state index contributed by atoms with van der Waals surface area (Å²) in [5, 5.41) is 13.1. The van der Waals surface area contributed by atoms with Gasteiger partial charge in [-0.1, -0.05) is 13.0 Å². The zero-order valence-corrected chi connectivity index (χ0v) is 12.7. The maximum atomic E-state index is 13.6. The average molecular weight is 298 g/mol. The zero-order valence-electron chi connectivity index (χ0n) is 12.7. The molecule has 3 nitrogen and oxygen atoms in total. The van der Waals surface area contributed by atoms with Gasteiger partial charge in [0, 0.05) is 13.1 Å². The Bertz CT molecular complexity index is 453. The van der Waals surface area contributed by atoms with Crippen LogP contribution >= 0.6 is 0 Å². The molecule has 5 heteroatoms. The minimum Gasteiger partial charge on any atom is -0.387 e. The normalized spacial score (nSPS) is 20.4. The molecule has 2 rings (SSSR count). The van der Waals surface area contributed by atoms with Crippen LogP contribution in [0.3, 0.4) is 0 Å². The van der Waals surface area contributed by atoms with Gasteiger partial charge in [0.15, 0.2) is 0 Å². The zero-order chi connectivity index (χ0) is 15.5. The van der Waals surface area contributed by atoms with Crippen molar-refractivity contribution in [3.63, 3.8) is 0 Å². The van der Waals surface area contributed by atoms with Crippen molar-refractivity contribution >= 4 is 0 Å². The Morgan fingerprint density at radius 3 is 2.43 bits per heavy atom. The van der Waals surface area contributed by atoms with Crippen molar-refractivity contribution in [1.82, 2.24) is 10.2 Å². The highest BCUT2D eigenvalue weighted by molar-refractivity contribution is 5.22. The van der Waals surface area contributed by atoms with Crippen molar-refractivity contribution in [2.24, 2.45) is 5.41 Å². The number of benzene rings is 1. The summed E-state index contributed by atoms with van der Waals surface area (Å²) in [5.41, 5.74) is -0.0708. The first-order chi connectivity index (χ1) is 9.91. The number of aliphatic hydroxyl groups excluding tert-OH is 1. The van der Waals surface area contributed by atoms with Crippen molar-refractivity contribution in [2.45, 2.75) is 25.9 Å². The molecule has 0 radical (unpaired) electrons. The third-order valence-corrected chi connectivity index (χ3v) is 4.42. The SMILES string of the molecule is CN1CCC(C)(CNCC(O)c2c(F)cccc2F)CC1. The molecule has 1 aromatic carbocycles. The molecule has 1 heterocycles. The van der Waals surface area contributed by atoms with Crippen LogP contribution in [0.1, 0.15) is 31.4 Å². The number of likely N-dealkylation sites (tertiary alicyclic amines) is 1. The van der Waals surface area contributed by atoms with Gasteiger partial charge in [-0.25, -0.2) is 8.78 Å². The summed E-state index contributed by atoms with van der Waals surface area (Å²) in [4.78, 5) is 2.30. The second-order valence-electron chi connectivity index (χ2n) is 6.40. The number of nitrogens with zero attached hydrogens (tertiary/aromatic N) is 1. The van der Waals surface area contributed by atoms with Crippen LogP contribution in [0.25, 0.3) is 0 Å². The molecular formula is C16H24F2N2O. The van der Waals surface area contributed by atoms with Gasteiger partial charge in [0.05, 0.1) is 11.7 Å². The fraction of sp³-hybridized carbons (Fsp3) is 0.625. The first-order valence-corrected chi connectivity index (χ1v) is 7.42. The van der Waals surface area contributed by atoms with E-state index >= 15 is 0 Å². The van der Waals surface area contributed by atoms with Crippen molar-refractivity contribution < 1.29 is 13.9 Å². The van der Waals surface area contributed by atoms with Crippen molar-refractivity contribution in [2.75, 3.05) is 33.2 Å². The molecule has 1 aromatic rings. The van der Waals surface area contributed by atoms with E-state index in [-0.39, 0.29) is 17.5 Å². The predicted molar refractivity (Wildman–Crippen MR) is 79.0 cm³/mol. The molecule has 0 saturated carbocycles. The van der Waals surface area contributed by atoms with Crippen LogP contribution in [0, 0.1) is 17.0 Å². The van der Waals surface area contributed by atoms with Gasteiger partial charge in [-0.05, 0) is 50.5 Å². The van der Waals surface area contributed by atoms with Crippen LogP contribution in [-0.4, -0.2) is 43.2 Å². The fourth-order valence-corrected chi connectivity index (χ4v) is 2.78. The second-order valence-corrected chi connectivity index (χ2v) is 6.40. The molecule has 0 aromatic heterocycles. The molecule has 0 bridgehead atoms. The number of rotatable bonds is 5. The molecule has 1 aliphatic rings. The van der Waals surface area contributed by atoms with Crippen LogP contribution in [0.5, 0.6) is 0 Å². The minimum absolute atomic E-state index is 0.156. The molecule has 0 spiro atoms. The number of halogens is 2. The van der Waals surface area contributed by atoms with Gasteiger partial charge in [0.2, 0.25) is 0 Å². The van der Waals surface area contributed by atoms with Crippen molar-refractivity contribution in [3.05, 3.63) is 35.4 Å². The van der Waals surface area contributed by atoms with Crippen molar-refractivity contribution in [3.8, 4) is 0 Å². The lowest BCUT2D eigenvalue weighted by atomic mass is 9.80. The largest absolute Gasteiger partial charge is 0.387 e. The monoisotopic (exact) mass is 298 g/mol. The summed E-state index contributed by atoms with van der Waals surface area (Å²) in [5.74, 6) is -1.40. The average Bonchev–Trinajstić information content (AvgIpc) is 2.42. The quantitative estimate of drug-likeness (QED) is 0.876. The highest BCUT2D eigenvalue weighted by Crippen LogP contribution is 2.29. The highest BCUT2D eigenvalue weighted by Gasteiger charge is 2.28. The number of piperidine rings is 1. The summed E-state index contributed by atoms with van der Waals surface area (Å²) in [6, 6.07) is 3.63. The molecule has 118 valence electrons. The van der Waals surface area contributed by atoms with Gasteiger partial charge in [0.25, 0.3) is 0 Å². The predicted octanol–water partition coefficient (Wildman–Crippen LogP) is 2.32. The summed E-state index contributed by atoms with van der Waals surface area (Å²) in [6.07, 6.45) is 1.00. The van der Waals surface area contributed by atoms with E-state index in [0.717, 1.165) is 32.5 Å². The van der Waals surface area contributed by atoms with E-state index in [1.165, 1.54) is 18.2 Å². The molecule has 1 atom stereocenters. The van der Waals surface area contributed by atoms with E-state index in [2.05, 4.69) is 24.2 Å². The molecule has 0 amide bonds. The summed E-state index contributed by atoms with van der Waals surface area (Å²) in [6.45, 7) is 5.23. The van der Waals surface area contributed by atoms with Gasteiger partial charge in [-0.2, -0.15) is 0 Å². The lowest BCUT2D eigenvalue weighted by Gasteiger charge is -2.38. The standard InChI is InChI=1S/C16H24F2N2O/c1-16(6-8-20(2)9-7-16)11-19-10-14(21)15-12(17)4-3-5-13(15)18/h3-5,14,19,21H,6-11H2,1-2H3. The lowest BCUT2D eigenvalue weighted by molar-refractivity contribution is 0.122. The fourth-order valence-electron chi connectivity index (χ4n) is 2.78. The summed E-state index contributed by atoms with van der Waals surface area (Å²) >= 11 is 0. The Hall–Kier alpha value is -1.04. The Morgan fingerprint density at radius 2 is 1.86 bits per heavy atom. The van der Waals surface area contributed by atoms with E-state index in [9.17, 15) is 13.9 Å². The first-order valence-electron chi connectivity index (χ1n) is 7.42. The van der Waals surface area contributed by atoms with Gasteiger partial charge < -0.3 is 15.3 Å². The van der Waals surface area contributed by atoms with Gasteiger partial charge in [-0.3, -0.25) is 0 Å². The Labute approximate surface area is 125 Å². The van der Waals surface area contributed by atoms with Crippen LogP contribution in [-0.2, 0) is 0 Å². The molecule has 1 aliphatic heterocycles. The van der Waals surface area contributed by atoms with Crippen LogP contribution in [0.4, 0.5) is 8.78 Å². The molecular weight excluding hydrogens is 274 g/mol. The van der Waals surface area contributed by atoms with Crippen LogP contribution in [0.2, 0.25) is 0 Å². The Balaban J connectivity index is 1.86. The number of aliphatic hydroxyl groups is 1. The van der Waals surface area contributed by atoms with Gasteiger partial charge in [0.1, 0.15) is 11.6 Å². The number of hydrogen-bond donors (Lipinski definition) is 2. The molecule has 1 unspecified atom stereocenters. The topological polar surface area (TPSA) is 35.5 Å². The van der Waals surface area contributed by atoms with Crippen LogP contribution in [0.15, 0.2) is 18.2 Å². The van der Waals surface area contributed by atoms with E-state index in [1.54, 1.807) is 0 Å². The third kappa shape index (κ3) is 4.22. The minimum atomic E-state index is -1.17. The smallest absolute Gasteiger partial charge is 0.131 e. The molecule has 1 fully saturated rings.